The summed E-state index contributed by atoms with van der Waals surface area (Å²) < 4.78 is 11.6. The van der Waals surface area contributed by atoms with Gasteiger partial charge in [-0.25, -0.2) is 4.79 Å². The molecule has 0 aromatic heterocycles. The summed E-state index contributed by atoms with van der Waals surface area (Å²) in [7, 11) is 1.27. The number of para-hydroxylation sites is 1. The first-order valence-corrected chi connectivity index (χ1v) is 12.4. The zero-order chi connectivity index (χ0) is 26.9. The van der Waals surface area contributed by atoms with Crippen LogP contribution < -0.4 is 15.4 Å². The van der Waals surface area contributed by atoms with Crippen molar-refractivity contribution in [2.75, 3.05) is 24.4 Å². The number of nitriles is 1. The normalized spacial score (nSPS) is 10.7. The Balaban J connectivity index is 1.79. The van der Waals surface area contributed by atoms with E-state index in [9.17, 15) is 19.6 Å². The van der Waals surface area contributed by atoms with E-state index in [1.54, 1.807) is 18.2 Å². The van der Waals surface area contributed by atoms with E-state index in [1.807, 2.05) is 31.2 Å². The van der Waals surface area contributed by atoms with Gasteiger partial charge >= 0.3 is 5.97 Å². The number of hydrogen-bond acceptors (Lipinski definition) is 6. The molecule has 0 atom stereocenters. The first-order valence-electron chi connectivity index (χ1n) is 10.8. The highest BCUT2D eigenvalue weighted by Gasteiger charge is 2.16. The maximum atomic E-state index is 12.8. The van der Waals surface area contributed by atoms with E-state index in [4.69, 9.17) is 4.74 Å². The fourth-order valence-electron chi connectivity index (χ4n) is 3.19. The Labute approximate surface area is 230 Å². The molecule has 37 heavy (non-hydrogen) atoms. The van der Waals surface area contributed by atoms with E-state index in [0.29, 0.717) is 31.4 Å². The smallest absolute Gasteiger partial charge is 0.337 e. The molecule has 0 saturated heterocycles. The van der Waals surface area contributed by atoms with Crippen molar-refractivity contribution in [1.29, 1.82) is 5.26 Å². The molecule has 188 valence electrons. The first-order chi connectivity index (χ1) is 17.7. The molecule has 3 aromatic carbocycles. The molecule has 3 aromatic rings. The van der Waals surface area contributed by atoms with Crippen molar-refractivity contribution in [2.45, 2.75) is 6.92 Å². The van der Waals surface area contributed by atoms with Crippen LogP contribution >= 0.6 is 31.9 Å². The van der Waals surface area contributed by atoms with Gasteiger partial charge in [0.1, 0.15) is 17.4 Å². The minimum Gasteiger partial charge on any atom is -0.482 e. The molecule has 8 nitrogen and oxygen atoms in total. The van der Waals surface area contributed by atoms with E-state index in [0.717, 1.165) is 5.56 Å². The van der Waals surface area contributed by atoms with Gasteiger partial charge in [0, 0.05) is 21.4 Å². The van der Waals surface area contributed by atoms with Crippen molar-refractivity contribution in [3.63, 3.8) is 0 Å². The number of rotatable bonds is 8. The van der Waals surface area contributed by atoms with Gasteiger partial charge in [0.15, 0.2) is 6.61 Å². The van der Waals surface area contributed by atoms with Gasteiger partial charge in [0.2, 0.25) is 0 Å². The molecule has 10 heteroatoms. The third-order valence-corrected chi connectivity index (χ3v) is 6.08. The lowest BCUT2D eigenvalue weighted by molar-refractivity contribution is -0.118. The molecule has 0 aliphatic heterocycles. The molecule has 2 N–H and O–H groups in total. The van der Waals surface area contributed by atoms with E-state index in [2.05, 4.69) is 47.2 Å². The lowest BCUT2D eigenvalue weighted by atomic mass is 10.1. The van der Waals surface area contributed by atoms with Gasteiger partial charge in [-0.15, -0.1) is 0 Å². The number of benzene rings is 3. The summed E-state index contributed by atoms with van der Waals surface area (Å²) in [6.07, 6.45) is 1.36. The molecular formula is C27H21Br2N3O5. The molecular weight excluding hydrogens is 606 g/mol. The van der Waals surface area contributed by atoms with Gasteiger partial charge < -0.3 is 20.1 Å². The van der Waals surface area contributed by atoms with Crippen molar-refractivity contribution in [1.82, 2.24) is 0 Å². The van der Waals surface area contributed by atoms with Gasteiger partial charge in [-0.05, 0) is 77.0 Å². The van der Waals surface area contributed by atoms with Crippen LogP contribution in [0.2, 0.25) is 0 Å². The molecule has 0 aliphatic rings. The Morgan fingerprint density at radius 1 is 1.03 bits per heavy atom. The molecule has 2 amide bonds. The van der Waals surface area contributed by atoms with Crippen molar-refractivity contribution in [3.05, 3.63) is 91.9 Å². The molecule has 0 aliphatic carbocycles. The van der Waals surface area contributed by atoms with Crippen LogP contribution in [-0.2, 0) is 14.3 Å². The Kier molecular flexibility index (Phi) is 9.60. The third-order valence-electron chi connectivity index (χ3n) is 5.03. The second kappa shape index (κ2) is 12.9. The van der Waals surface area contributed by atoms with Crippen LogP contribution in [-0.4, -0.2) is 31.5 Å². The van der Waals surface area contributed by atoms with Crippen LogP contribution in [0, 0.1) is 18.3 Å². The van der Waals surface area contributed by atoms with Crippen LogP contribution in [0.1, 0.15) is 21.5 Å². The number of anilines is 2. The highest BCUT2D eigenvalue weighted by Crippen LogP contribution is 2.34. The summed E-state index contributed by atoms with van der Waals surface area (Å²) in [6, 6.07) is 18.7. The van der Waals surface area contributed by atoms with Crippen LogP contribution in [0.3, 0.4) is 0 Å². The number of hydrogen-bond donors (Lipinski definition) is 2. The van der Waals surface area contributed by atoms with Gasteiger partial charge in [-0.1, -0.05) is 34.1 Å². The third kappa shape index (κ3) is 7.52. The van der Waals surface area contributed by atoms with Gasteiger partial charge in [0.05, 0.1) is 17.1 Å². The number of aryl methyl sites for hydroxylation is 1. The SMILES string of the molecule is COC(=O)c1ccc(NC(=O)/C(C#N)=C\c2cc(Br)cc(Br)c2OCC(=O)Nc2ccccc2C)cc1. The Hall–Kier alpha value is -3.94. The second-order valence-electron chi connectivity index (χ2n) is 7.65. The molecule has 0 spiro atoms. The topological polar surface area (TPSA) is 118 Å². The molecule has 0 heterocycles. The van der Waals surface area contributed by atoms with Crippen LogP contribution in [0.25, 0.3) is 6.08 Å². The number of amides is 2. The zero-order valence-corrected chi connectivity index (χ0v) is 23.0. The van der Waals surface area contributed by atoms with E-state index in [1.165, 1.54) is 37.5 Å². The Morgan fingerprint density at radius 2 is 1.73 bits per heavy atom. The lowest BCUT2D eigenvalue weighted by Crippen LogP contribution is -2.21. The summed E-state index contributed by atoms with van der Waals surface area (Å²) in [5, 5.41) is 15.1. The lowest BCUT2D eigenvalue weighted by Gasteiger charge is -2.13. The van der Waals surface area contributed by atoms with Crippen molar-refractivity contribution in [2.24, 2.45) is 0 Å². The van der Waals surface area contributed by atoms with E-state index < -0.39 is 11.9 Å². The summed E-state index contributed by atoms with van der Waals surface area (Å²) >= 11 is 6.81. The number of esters is 1. The van der Waals surface area contributed by atoms with Crippen LogP contribution in [0.5, 0.6) is 5.75 Å². The summed E-state index contributed by atoms with van der Waals surface area (Å²) in [6.45, 7) is 1.59. The van der Waals surface area contributed by atoms with Gasteiger partial charge in [0.25, 0.3) is 11.8 Å². The number of halogens is 2. The van der Waals surface area contributed by atoms with Gasteiger partial charge in [-0.3, -0.25) is 9.59 Å². The fraction of sp³-hybridized carbons (Fsp3) is 0.111. The van der Waals surface area contributed by atoms with Crippen LogP contribution in [0.15, 0.2) is 75.2 Å². The van der Waals surface area contributed by atoms with Crippen LogP contribution in [0.4, 0.5) is 11.4 Å². The van der Waals surface area contributed by atoms with E-state index in [-0.39, 0.29) is 23.8 Å². The molecule has 0 radical (unpaired) electrons. The summed E-state index contributed by atoms with van der Waals surface area (Å²) in [4.78, 5) is 36.9. The quantitative estimate of drug-likeness (QED) is 0.183. The standard InChI is InChI=1S/C27H21Br2N3O5/c1-16-5-3-4-6-23(16)32-24(33)15-37-25-18(12-20(28)13-22(25)29)11-19(14-30)26(34)31-21-9-7-17(8-10-21)27(35)36-2/h3-13H,15H2,1-2H3,(H,31,34)(H,32,33)/b19-11-. The van der Waals surface area contributed by atoms with Crippen molar-refractivity contribution in [3.8, 4) is 11.8 Å². The fourth-order valence-corrected chi connectivity index (χ4v) is 4.56. The average Bonchev–Trinajstić information content (AvgIpc) is 2.87. The Morgan fingerprint density at radius 3 is 2.38 bits per heavy atom. The highest BCUT2D eigenvalue weighted by atomic mass is 79.9. The number of methoxy groups -OCH3 is 1. The number of nitrogens with one attached hydrogen (secondary N) is 2. The summed E-state index contributed by atoms with van der Waals surface area (Å²) in [5.41, 5.74) is 2.50. The Bertz CT molecular complexity index is 1410. The first kappa shape index (κ1) is 27.6. The molecule has 0 saturated carbocycles. The molecule has 0 unspecified atom stereocenters. The average molecular weight is 627 g/mol. The minimum atomic E-state index is -0.660. The number of carbonyl (C=O) groups is 3. The van der Waals surface area contributed by atoms with Crippen molar-refractivity contribution < 1.29 is 23.9 Å². The molecule has 3 rings (SSSR count). The highest BCUT2D eigenvalue weighted by molar-refractivity contribution is 9.11. The van der Waals surface area contributed by atoms with E-state index >= 15 is 0 Å². The predicted octanol–water partition coefficient (Wildman–Crippen LogP) is 5.87. The number of carbonyl (C=O) groups excluding carboxylic acids is 3. The number of ether oxygens (including phenoxy) is 2. The monoisotopic (exact) mass is 625 g/mol. The molecule has 0 fully saturated rings. The summed E-state index contributed by atoms with van der Waals surface area (Å²) in [5.74, 6) is -1.25. The second-order valence-corrected chi connectivity index (χ2v) is 9.42. The van der Waals surface area contributed by atoms with Gasteiger partial charge in [-0.2, -0.15) is 5.26 Å². The minimum absolute atomic E-state index is 0.198. The maximum absolute atomic E-state index is 12.8. The van der Waals surface area contributed by atoms with Crippen molar-refractivity contribution >= 4 is 67.1 Å². The largest absolute Gasteiger partial charge is 0.482 e. The maximum Gasteiger partial charge on any atom is 0.337 e. The molecule has 0 bridgehead atoms. The zero-order valence-electron chi connectivity index (χ0n) is 19.8. The predicted molar refractivity (Wildman–Crippen MR) is 147 cm³/mol. The number of nitrogens with zero attached hydrogens (tertiary/aromatic N) is 1.